The Hall–Kier alpha value is -1.49. The lowest BCUT2D eigenvalue weighted by atomic mass is 10.2. The maximum Gasteiger partial charge on any atom is 0.163 e. The second-order valence-corrected chi connectivity index (χ2v) is 3.61. The third-order valence-electron chi connectivity index (χ3n) is 2.51. The lowest BCUT2D eigenvalue weighted by molar-refractivity contribution is 0.520. The van der Waals surface area contributed by atoms with Gasteiger partial charge in [0.25, 0.3) is 0 Å². The van der Waals surface area contributed by atoms with Crippen LogP contribution in [-0.4, -0.2) is 25.6 Å². The number of nitrogens with zero attached hydrogens (tertiary/aromatic N) is 4. The van der Waals surface area contributed by atoms with Crippen LogP contribution in [0.25, 0.3) is 5.65 Å². The van der Waals surface area contributed by atoms with E-state index in [1.807, 2.05) is 10.5 Å². The summed E-state index contributed by atoms with van der Waals surface area (Å²) >= 11 is 0. The molecule has 0 bridgehead atoms. The molecule has 15 heavy (non-hydrogen) atoms. The highest BCUT2D eigenvalue weighted by Crippen LogP contribution is 2.01. The predicted molar refractivity (Wildman–Crippen MR) is 57.4 cm³/mol. The van der Waals surface area contributed by atoms with Gasteiger partial charge in [-0.1, -0.05) is 6.92 Å². The van der Waals surface area contributed by atoms with Gasteiger partial charge in [0, 0.05) is 18.3 Å². The highest BCUT2D eigenvalue weighted by molar-refractivity contribution is 5.35. The fourth-order valence-electron chi connectivity index (χ4n) is 1.32. The lowest BCUT2D eigenvalue weighted by Crippen LogP contribution is -2.25. The van der Waals surface area contributed by atoms with Gasteiger partial charge in [0.2, 0.25) is 0 Å². The Morgan fingerprint density at radius 1 is 1.47 bits per heavy atom. The van der Waals surface area contributed by atoms with Gasteiger partial charge in [-0.3, -0.25) is 4.40 Å². The van der Waals surface area contributed by atoms with Crippen LogP contribution in [0.5, 0.6) is 0 Å². The maximum absolute atomic E-state index is 4.11. The van der Waals surface area contributed by atoms with E-state index in [9.17, 15) is 0 Å². The Bertz CT molecular complexity index is 436. The molecule has 1 unspecified atom stereocenters. The number of hydrogen-bond acceptors (Lipinski definition) is 4. The Balaban J connectivity index is 2.14. The van der Waals surface area contributed by atoms with E-state index in [1.165, 1.54) is 0 Å². The van der Waals surface area contributed by atoms with E-state index in [-0.39, 0.29) is 0 Å². The van der Waals surface area contributed by atoms with E-state index in [2.05, 4.69) is 34.3 Å². The predicted octanol–water partition coefficient (Wildman–Crippen LogP) is 1.01. The van der Waals surface area contributed by atoms with Crippen molar-refractivity contribution < 1.29 is 0 Å². The van der Waals surface area contributed by atoms with Crippen molar-refractivity contribution in [3.8, 4) is 0 Å². The Morgan fingerprint density at radius 3 is 3.13 bits per heavy atom. The molecule has 1 atom stereocenters. The summed E-state index contributed by atoms with van der Waals surface area (Å²) in [5.74, 6) is 0.901. The molecule has 2 aromatic heterocycles. The number of aromatic nitrogens is 4. The molecule has 0 aliphatic rings. The third kappa shape index (κ3) is 2.12. The molecular weight excluding hydrogens is 190 g/mol. The molecule has 2 heterocycles. The zero-order chi connectivity index (χ0) is 10.7. The van der Waals surface area contributed by atoms with Gasteiger partial charge in [-0.2, -0.15) is 0 Å². The van der Waals surface area contributed by atoms with Crippen LogP contribution in [-0.2, 0) is 6.54 Å². The molecule has 2 rings (SSSR count). The molecule has 1 N–H and O–H groups in total. The zero-order valence-corrected chi connectivity index (χ0v) is 9.01. The van der Waals surface area contributed by atoms with Gasteiger partial charge in [-0.25, -0.2) is 4.98 Å². The first-order chi connectivity index (χ1) is 7.31. The second kappa shape index (κ2) is 4.35. The van der Waals surface area contributed by atoms with Gasteiger partial charge in [0.1, 0.15) is 6.33 Å². The minimum Gasteiger partial charge on any atom is -0.307 e. The molecule has 0 amide bonds. The van der Waals surface area contributed by atoms with Crippen LogP contribution in [0.2, 0.25) is 0 Å². The van der Waals surface area contributed by atoms with E-state index in [4.69, 9.17) is 0 Å². The molecule has 5 nitrogen and oxygen atoms in total. The molecule has 0 saturated carbocycles. The van der Waals surface area contributed by atoms with E-state index in [0.717, 1.165) is 24.4 Å². The van der Waals surface area contributed by atoms with Crippen molar-refractivity contribution in [1.29, 1.82) is 0 Å². The molecule has 0 aliphatic carbocycles. The van der Waals surface area contributed by atoms with Crippen LogP contribution >= 0.6 is 0 Å². The largest absolute Gasteiger partial charge is 0.307 e. The van der Waals surface area contributed by atoms with Crippen molar-refractivity contribution in [2.45, 2.75) is 32.9 Å². The summed E-state index contributed by atoms with van der Waals surface area (Å²) in [6, 6.07) is 2.34. The van der Waals surface area contributed by atoms with Gasteiger partial charge in [-0.15, -0.1) is 10.2 Å². The summed E-state index contributed by atoms with van der Waals surface area (Å²) < 4.78 is 1.90. The molecule has 0 spiro atoms. The summed E-state index contributed by atoms with van der Waals surface area (Å²) in [6.07, 6.45) is 4.56. The number of rotatable bonds is 4. The van der Waals surface area contributed by atoms with Crippen LogP contribution in [0.3, 0.4) is 0 Å². The van der Waals surface area contributed by atoms with Gasteiger partial charge >= 0.3 is 0 Å². The van der Waals surface area contributed by atoms with Crippen LogP contribution in [0, 0.1) is 0 Å². The minimum absolute atomic E-state index is 0.494. The second-order valence-electron chi connectivity index (χ2n) is 3.61. The Kier molecular flexibility index (Phi) is 2.91. The monoisotopic (exact) mass is 205 g/mol. The van der Waals surface area contributed by atoms with Gasteiger partial charge in [0.05, 0.1) is 6.54 Å². The molecular formula is C10H15N5. The van der Waals surface area contributed by atoms with Gasteiger partial charge in [0.15, 0.2) is 11.5 Å². The Morgan fingerprint density at radius 2 is 2.33 bits per heavy atom. The summed E-state index contributed by atoms with van der Waals surface area (Å²) in [5, 5.41) is 11.5. The Labute approximate surface area is 88.6 Å². The molecule has 0 radical (unpaired) electrons. The summed E-state index contributed by atoms with van der Waals surface area (Å²) in [6.45, 7) is 5.03. The highest BCUT2D eigenvalue weighted by Gasteiger charge is 2.05. The smallest absolute Gasteiger partial charge is 0.163 e. The molecule has 2 aromatic rings. The fourth-order valence-corrected chi connectivity index (χ4v) is 1.32. The number of nitrogens with one attached hydrogen (secondary N) is 1. The van der Waals surface area contributed by atoms with Crippen molar-refractivity contribution in [1.82, 2.24) is 24.9 Å². The first-order valence-electron chi connectivity index (χ1n) is 5.18. The van der Waals surface area contributed by atoms with Crippen molar-refractivity contribution in [2.75, 3.05) is 0 Å². The van der Waals surface area contributed by atoms with Crippen LogP contribution in [0.15, 0.2) is 18.6 Å². The van der Waals surface area contributed by atoms with E-state index < -0.39 is 0 Å². The highest BCUT2D eigenvalue weighted by atomic mass is 15.3. The van der Waals surface area contributed by atoms with E-state index in [1.54, 1.807) is 12.5 Å². The molecule has 80 valence electrons. The van der Waals surface area contributed by atoms with Crippen LogP contribution in [0.4, 0.5) is 0 Å². The zero-order valence-electron chi connectivity index (χ0n) is 9.01. The van der Waals surface area contributed by atoms with Crippen molar-refractivity contribution in [3.05, 3.63) is 24.4 Å². The van der Waals surface area contributed by atoms with Crippen LogP contribution in [0.1, 0.15) is 26.1 Å². The lowest BCUT2D eigenvalue weighted by Gasteiger charge is -2.09. The minimum atomic E-state index is 0.494. The van der Waals surface area contributed by atoms with Crippen molar-refractivity contribution in [2.24, 2.45) is 0 Å². The number of hydrogen-bond donors (Lipinski definition) is 1. The molecule has 5 heteroatoms. The molecule has 0 aliphatic heterocycles. The van der Waals surface area contributed by atoms with E-state index >= 15 is 0 Å². The SMILES string of the molecule is CCC(C)NCc1nnc2ccncn12. The van der Waals surface area contributed by atoms with Gasteiger partial charge < -0.3 is 5.32 Å². The van der Waals surface area contributed by atoms with Crippen molar-refractivity contribution >= 4 is 5.65 Å². The normalized spacial score (nSPS) is 13.2. The van der Waals surface area contributed by atoms with Crippen molar-refractivity contribution in [3.63, 3.8) is 0 Å². The first kappa shape index (κ1) is 10.0. The summed E-state index contributed by atoms with van der Waals surface area (Å²) in [4.78, 5) is 4.05. The quantitative estimate of drug-likeness (QED) is 0.809. The molecule has 0 fully saturated rings. The molecule has 0 aromatic carbocycles. The topological polar surface area (TPSA) is 55.1 Å². The van der Waals surface area contributed by atoms with E-state index in [0.29, 0.717) is 6.04 Å². The number of fused-ring (bicyclic) bond motifs is 1. The fraction of sp³-hybridized carbons (Fsp3) is 0.500. The maximum atomic E-state index is 4.11. The van der Waals surface area contributed by atoms with Gasteiger partial charge in [-0.05, 0) is 13.3 Å². The summed E-state index contributed by atoms with van der Waals surface area (Å²) in [5.41, 5.74) is 0.839. The summed E-state index contributed by atoms with van der Waals surface area (Å²) in [7, 11) is 0. The first-order valence-corrected chi connectivity index (χ1v) is 5.18. The average Bonchev–Trinajstić information content (AvgIpc) is 2.69. The van der Waals surface area contributed by atoms with Crippen LogP contribution < -0.4 is 5.32 Å². The standard InChI is InChI=1S/C10H15N5/c1-3-8(2)12-6-10-14-13-9-4-5-11-7-15(9)10/h4-5,7-8,12H,3,6H2,1-2H3. The third-order valence-corrected chi connectivity index (χ3v) is 2.51. The molecule has 0 saturated heterocycles. The average molecular weight is 205 g/mol.